The lowest BCUT2D eigenvalue weighted by molar-refractivity contribution is -0.130. The molecule has 0 aromatic heterocycles. The average Bonchev–Trinajstić information content (AvgIpc) is 3.43. The summed E-state index contributed by atoms with van der Waals surface area (Å²) < 4.78 is 12.3. The van der Waals surface area contributed by atoms with E-state index in [4.69, 9.17) is 19.6 Å². The first-order chi connectivity index (χ1) is 21.1. The molecule has 10 heteroatoms. The number of hydrazine groups is 1. The van der Waals surface area contributed by atoms with Crippen LogP contribution >= 0.6 is 0 Å². The van der Waals surface area contributed by atoms with Crippen molar-refractivity contribution >= 4 is 17.5 Å². The number of nitrogens with zero attached hydrogens (tertiary/aromatic N) is 4. The van der Waals surface area contributed by atoms with E-state index in [2.05, 4.69) is 20.9 Å². The minimum atomic E-state index is -1.41. The molecule has 0 bridgehead atoms. The number of aliphatic imine (C=N–C) groups is 1. The van der Waals surface area contributed by atoms with Gasteiger partial charge in [-0.25, -0.2) is 10.4 Å². The first kappa shape index (κ1) is 30.1. The van der Waals surface area contributed by atoms with E-state index >= 15 is 0 Å². The zero-order valence-electron chi connectivity index (χ0n) is 24.2. The summed E-state index contributed by atoms with van der Waals surface area (Å²) in [4.78, 5) is 22.4. The van der Waals surface area contributed by atoms with Gasteiger partial charge in [0.05, 0.1) is 6.61 Å². The smallest absolute Gasteiger partial charge is 0.266 e. The molecule has 1 aliphatic carbocycles. The molecule has 1 saturated carbocycles. The van der Waals surface area contributed by atoms with Crippen molar-refractivity contribution in [1.29, 1.82) is 0 Å². The maximum atomic E-state index is 14.3. The Bertz CT molecular complexity index is 1440. The number of aliphatic hydroxyl groups is 1. The van der Waals surface area contributed by atoms with Gasteiger partial charge in [-0.05, 0) is 54.1 Å². The minimum Gasteiger partial charge on any atom is -0.494 e. The number of carbonyl (C=O) groups is 1. The van der Waals surface area contributed by atoms with E-state index in [1.807, 2.05) is 66.7 Å². The fourth-order valence-corrected chi connectivity index (χ4v) is 5.79. The maximum absolute atomic E-state index is 14.3. The van der Waals surface area contributed by atoms with Crippen LogP contribution in [0.25, 0.3) is 10.4 Å². The van der Waals surface area contributed by atoms with Gasteiger partial charge in [0, 0.05) is 47.7 Å². The maximum Gasteiger partial charge on any atom is 0.266 e. The molecule has 43 heavy (non-hydrogen) atoms. The summed E-state index contributed by atoms with van der Waals surface area (Å²) in [6.07, 6.45) is 5.89. The average molecular weight is 583 g/mol. The van der Waals surface area contributed by atoms with E-state index in [0.717, 1.165) is 18.4 Å². The summed E-state index contributed by atoms with van der Waals surface area (Å²) in [5.74, 6) is 1.15. The molecule has 1 amide bonds. The standard InChI is InChI=1S/C33H38N6O4/c34-39-37-29-15-8-7-14-28(29)30-33(22-24-10-3-1-4-11-24,32(41)38-35-23-25-12-5-2-6-13-25)36-31(43-30)26-16-18-27(19-17-26)42-21-9-20-40/h1,3-4,7-8,10-11,14-19,25,30,35,40H,2,5-6,9,12-13,20-23H2,(H,38,41)/t30-,33-/m0/s1. The molecule has 0 radical (unpaired) electrons. The Morgan fingerprint density at radius 3 is 2.53 bits per heavy atom. The van der Waals surface area contributed by atoms with Crippen LogP contribution in [0.1, 0.15) is 61.3 Å². The first-order valence-corrected chi connectivity index (χ1v) is 14.9. The van der Waals surface area contributed by atoms with Crippen LogP contribution in [0.5, 0.6) is 5.75 Å². The van der Waals surface area contributed by atoms with Gasteiger partial charge in [-0.1, -0.05) is 79.0 Å². The zero-order chi connectivity index (χ0) is 29.9. The Labute approximate surface area is 251 Å². The van der Waals surface area contributed by atoms with Crippen LogP contribution in [0.3, 0.4) is 0 Å². The number of amides is 1. The third-order valence-corrected chi connectivity index (χ3v) is 8.04. The normalized spacial score (nSPS) is 20.0. The Morgan fingerprint density at radius 2 is 1.79 bits per heavy atom. The molecule has 0 spiro atoms. The summed E-state index contributed by atoms with van der Waals surface area (Å²) in [7, 11) is 0. The van der Waals surface area contributed by atoms with Crippen molar-refractivity contribution in [3.63, 3.8) is 0 Å². The van der Waals surface area contributed by atoms with Crippen LogP contribution in [0.4, 0.5) is 5.69 Å². The van der Waals surface area contributed by atoms with Gasteiger partial charge >= 0.3 is 0 Å². The van der Waals surface area contributed by atoms with Crippen molar-refractivity contribution in [1.82, 2.24) is 10.9 Å². The molecule has 10 nitrogen and oxygen atoms in total. The highest BCUT2D eigenvalue weighted by Crippen LogP contribution is 2.45. The molecule has 2 aliphatic rings. The number of nitrogens with one attached hydrogen (secondary N) is 2. The molecule has 0 saturated heterocycles. The van der Waals surface area contributed by atoms with Crippen molar-refractivity contribution < 1.29 is 19.4 Å². The van der Waals surface area contributed by atoms with E-state index in [1.165, 1.54) is 19.3 Å². The number of rotatable bonds is 13. The third kappa shape index (κ3) is 7.35. The summed E-state index contributed by atoms with van der Waals surface area (Å²) in [6, 6.07) is 24.2. The molecular formula is C33H38N6O4. The van der Waals surface area contributed by atoms with E-state index in [0.29, 0.717) is 54.0 Å². The number of aliphatic hydroxyl groups excluding tert-OH is 1. The van der Waals surface area contributed by atoms with Crippen LogP contribution in [0, 0.1) is 5.92 Å². The van der Waals surface area contributed by atoms with Crippen LogP contribution in [-0.2, 0) is 16.0 Å². The number of carbonyl (C=O) groups excluding carboxylic acids is 1. The lowest BCUT2D eigenvalue weighted by atomic mass is 9.81. The molecule has 2 atom stereocenters. The van der Waals surface area contributed by atoms with Crippen molar-refractivity contribution in [3.05, 3.63) is 106 Å². The van der Waals surface area contributed by atoms with E-state index < -0.39 is 11.6 Å². The first-order valence-electron chi connectivity index (χ1n) is 14.9. The van der Waals surface area contributed by atoms with Gasteiger partial charge in [-0.3, -0.25) is 10.2 Å². The SMILES string of the molecule is [N-]=[N+]=Nc1ccccc1[C@@H]1OC(c2ccc(OCCCO)cc2)=N[C@]1(Cc1ccccc1)C(=O)NNCC1CCCCC1. The molecule has 1 heterocycles. The Kier molecular flexibility index (Phi) is 10.3. The highest BCUT2D eigenvalue weighted by Gasteiger charge is 2.54. The summed E-state index contributed by atoms with van der Waals surface area (Å²) >= 11 is 0. The van der Waals surface area contributed by atoms with Crippen LogP contribution < -0.4 is 15.6 Å². The van der Waals surface area contributed by atoms with Gasteiger partial charge < -0.3 is 14.6 Å². The van der Waals surface area contributed by atoms with Gasteiger partial charge in [-0.2, -0.15) is 0 Å². The van der Waals surface area contributed by atoms with E-state index in [1.54, 1.807) is 12.1 Å². The monoisotopic (exact) mass is 582 g/mol. The topological polar surface area (TPSA) is 141 Å². The lowest BCUT2D eigenvalue weighted by Crippen LogP contribution is -2.54. The molecule has 5 rings (SSSR count). The van der Waals surface area contributed by atoms with Gasteiger partial charge in [0.25, 0.3) is 5.91 Å². The fourth-order valence-electron chi connectivity index (χ4n) is 5.79. The predicted molar refractivity (Wildman–Crippen MR) is 165 cm³/mol. The molecular weight excluding hydrogens is 544 g/mol. The summed E-state index contributed by atoms with van der Waals surface area (Å²) in [5.41, 5.74) is 16.6. The Hall–Kier alpha value is -4.37. The minimum absolute atomic E-state index is 0.0580. The summed E-state index contributed by atoms with van der Waals surface area (Å²) in [6.45, 7) is 1.14. The molecule has 1 aliphatic heterocycles. The van der Waals surface area contributed by atoms with Crippen molar-refractivity contribution in [3.8, 4) is 5.75 Å². The van der Waals surface area contributed by atoms with Gasteiger partial charge in [0.15, 0.2) is 11.6 Å². The second-order valence-corrected chi connectivity index (χ2v) is 11.0. The van der Waals surface area contributed by atoms with Crippen LogP contribution in [0.15, 0.2) is 89.0 Å². The largest absolute Gasteiger partial charge is 0.494 e. The zero-order valence-corrected chi connectivity index (χ0v) is 24.2. The number of ether oxygens (including phenoxy) is 2. The number of hydrogen-bond acceptors (Lipinski definition) is 7. The number of benzene rings is 3. The van der Waals surface area contributed by atoms with Crippen LogP contribution in [0.2, 0.25) is 0 Å². The van der Waals surface area contributed by atoms with Gasteiger partial charge in [0.2, 0.25) is 5.90 Å². The second-order valence-electron chi connectivity index (χ2n) is 11.0. The molecule has 0 unspecified atom stereocenters. The highest BCUT2D eigenvalue weighted by atomic mass is 16.5. The molecule has 3 aromatic carbocycles. The Morgan fingerprint density at radius 1 is 1.05 bits per heavy atom. The number of azide groups is 1. The van der Waals surface area contributed by atoms with Crippen molar-refractivity contribution in [2.24, 2.45) is 16.0 Å². The molecule has 224 valence electrons. The third-order valence-electron chi connectivity index (χ3n) is 8.04. The van der Waals surface area contributed by atoms with Gasteiger partial charge in [-0.15, -0.1) is 0 Å². The Balaban J connectivity index is 1.52. The fraction of sp³-hybridized carbons (Fsp3) is 0.394. The van der Waals surface area contributed by atoms with E-state index in [9.17, 15) is 10.3 Å². The van der Waals surface area contributed by atoms with Crippen LogP contribution in [-0.4, -0.2) is 42.2 Å². The number of hydrogen-bond donors (Lipinski definition) is 3. The van der Waals surface area contributed by atoms with Crippen molar-refractivity contribution in [2.75, 3.05) is 19.8 Å². The van der Waals surface area contributed by atoms with Gasteiger partial charge in [0.1, 0.15) is 5.75 Å². The predicted octanol–water partition coefficient (Wildman–Crippen LogP) is 6.09. The molecule has 3 N–H and O–H groups in total. The molecule has 1 fully saturated rings. The second kappa shape index (κ2) is 14.7. The highest BCUT2D eigenvalue weighted by molar-refractivity contribution is 6.01. The summed E-state index contributed by atoms with van der Waals surface area (Å²) in [5, 5.41) is 13.0. The molecule has 3 aromatic rings. The lowest BCUT2D eigenvalue weighted by Gasteiger charge is -2.32. The quantitative estimate of drug-likeness (QED) is 0.0735. The van der Waals surface area contributed by atoms with E-state index in [-0.39, 0.29) is 18.9 Å². The van der Waals surface area contributed by atoms with Crippen molar-refractivity contribution in [2.45, 2.75) is 56.6 Å².